The first-order valence-corrected chi connectivity index (χ1v) is 5.12. The minimum Gasteiger partial charge on any atom is -0.377 e. The van der Waals surface area contributed by atoms with E-state index in [-0.39, 0.29) is 5.92 Å². The molecule has 0 unspecified atom stereocenters. The van der Waals surface area contributed by atoms with Crippen molar-refractivity contribution in [2.45, 2.75) is 25.9 Å². The second-order valence-electron chi connectivity index (χ2n) is 4.32. The Bertz CT molecular complexity index is 367. The number of nitrogens with zero attached hydrogens (tertiary/aromatic N) is 1. The van der Waals surface area contributed by atoms with Crippen LogP contribution in [0.25, 0.3) is 0 Å². The minimum absolute atomic E-state index is 0.208. The van der Waals surface area contributed by atoms with E-state index in [1.54, 1.807) is 25.1 Å². The first-order valence-electron chi connectivity index (χ1n) is 5.12. The van der Waals surface area contributed by atoms with E-state index in [0.717, 1.165) is 11.6 Å². The highest BCUT2D eigenvalue weighted by Gasteiger charge is 2.31. The lowest BCUT2D eigenvalue weighted by Gasteiger charge is -2.21. The van der Waals surface area contributed by atoms with Gasteiger partial charge in [-0.15, -0.1) is 0 Å². The van der Waals surface area contributed by atoms with Gasteiger partial charge in [-0.3, -0.25) is 0 Å². The van der Waals surface area contributed by atoms with Gasteiger partial charge in [0.05, 0.1) is 5.56 Å². The highest BCUT2D eigenvalue weighted by Crippen LogP contribution is 2.35. The Morgan fingerprint density at radius 3 is 2.06 bits per heavy atom. The standard InChI is InChI=1S/C12H16F3N/c1-8(2)10-6-5-9(12(13,14)15)7-11(10)16(3)4/h5-8H,1-4H3. The molecule has 0 aliphatic heterocycles. The highest BCUT2D eigenvalue weighted by atomic mass is 19.4. The van der Waals surface area contributed by atoms with Crippen molar-refractivity contribution in [2.75, 3.05) is 19.0 Å². The summed E-state index contributed by atoms with van der Waals surface area (Å²) in [6, 6.07) is 3.90. The van der Waals surface area contributed by atoms with Crippen LogP contribution in [0.1, 0.15) is 30.9 Å². The monoisotopic (exact) mass is 231 g/mol. The Kier molecular flexibility index (Phi) is 3.51. The molecule has 1 rings (SSSR count). The van der Waals surface area contributed by atoms with Crippen LogP contribution in [0.2, 0.25) is 0 Å². The molecule has 0 aliphatic carbocycles. The SMILES string of the molecule is CC(C)c1ccc(C(F)(F)F)cc1N(C)C. The molecule has 0 N–H and O–H groups in total. The smallest absolute Gasteiger partial charge is 0.377 e. The van der Waals surface area contributed by atoms with Gasteiger partial charge in [0.15, 0.2) is 0 Å². The molecule has 0 bridgehead atoms. The molecule has 0 spiro atoms. The molecule has 1 aromatic carbocycles. The summed E-state index contributed by atoms with van der Waals surface area (Å²) in [5.74, 6) is 0.208. The fourth-order valence-corrected chi connectivity index (χ4v) is 1.60. The highest BCUT2D eigenvalue weighted by molar-refractivity contribution is 5.56. The number of rotatable bonds is 2. The van der Waals surface area contributed by atoms with Crippen LogP contribution in [0.3, 0.4) is 0 Å². The van der Waals surface area contributed by atoms with Crippen molar-refractivity contribution < 1.29 is 13.2 Å². The molecule has 0 saturated carbocycles. The van der Waals surface area contributed by atoms with E-state index < -0.39 is 11.7 Å². The molecular formula is C12H16F3N. The van der Waals surface area contributed by atoms with Gasteiger partial charge in [0.2, 0.25) is 0 Å². The lowest BCUT2D eigenvalue weighted by atomic mass is 9.98. The van der Waals surface area contributed by atoms with E-state index >= 15 is 0 Å². The zero-order valence-electron chi connectivity index (χ0n) is 9.89. The van der Waals surface area contributed by atoms with E-state index in [4.69, 9.17) is 0 Å². The normalized spacial score (nSPS) is 12.0. The molecule has 0 heterocycles. The zero-order chi connectivity index (χ0) is 12.5. The van der Waals surface area contributed by atoms with Gasteiger partial charge in [0.1, 0.15) is 0 Å². The summed E-state index contributed by atoms with van der Waals surface area (Å²) in [5, 5.41) is 0. The molecule has 1 aromatic rings. The molecule has 0 atom stereocenters. The van der Waals surface area contributed by atoms with E-state index in [1.807, 2.05) is 13.8 Å². The number of anilines is 1. The fourth-order valence-electron chi connectivity index (χ4n) is 1.60. The van der Waals surface area contributed by atoms with E-state index in [0.29, 0.717) is 5.69 Å². The van der Waals surface area contributed by atoms with Crippen molar-refractivity contribution >= 4 is 5.69 Å². The molecule has 16 heavy (non-hydrogen) atoms. The second-order valence-corrected chi connectivity index (χ2v) is 4.32. The summed E-state index contributed by atoms with van der Waals surface area (Å²) < 4.78 is 37.6. The van der Waals surface area contributed by atoms with Crippen LogP contribution in [-0.4, -0.2) is 14.1 Å². The lowest BCUT2D eigenvalue weighted by molar-refractivity contribution is -0.137. The molecule has 0 aromatic heterocycles. The van der Waals surface area contributed by atoms with Crippen LogP contribution < -0.4 is 4.90 Å². The summed E-state index contributed by atoms with van der Waals surface area (Å²) in [4.78, 5) is 1.71. The number of alkyl halides is 3. The summed E-state index contributed by atoms with van der Waals surface area (Å²) in [7, 11) is 3.50. The first-order chi connectivity index (χ1) is 7.23. The van der Waals surface area contributed by atoms with Crippen LogP contribution >= 0.6 is 0 Å². The summed E-state index contributed by atoms with van der Waals surface area (Å²) in [6.45, 7) is 3.94. The van der Waals surface area contributed by atoms with E-state index in [1.165, 1.54) is 6.07 Å². The zero-order valence-corrected chi connectivity index (χ0v) is 9.89. The third-order valence-electron chi connectivity index (χ3n) is 2.46. The van der Waals surface area contributed by atoms with Crippen molar-refractivity contribution in [3.05, 3.63) is 29.3 Å². The number of hydrogen-bond acceptors (Lipinski definition) is 1. The van der Waals surface area contributed by atoms with Crippen LogP contribution in [0.15, 0.2) is 18.2 Å². The summed E-state index contributed by atoms with van der Waals surface area (Å²) in [6.07, 6.45) is -4.28. The van der Waals surface area contributed by atoms with Crippen molar-refractivity contribution in [1.29, 1.82) is 0 Å². The predicted molar refractivity (Wildman–Crippen MR) is 59.9 cm³/mol. The van der Waals surface area contributed by atoms with Crippen molar-refractivity contribution in [1.82, 2.24) is 0 Å². The maximum Gasteiger partial charge on any atom is 0.416 e. The summed E-state index contributed by atoms with van der Waals surface area (Å²) in [5.41, 5.74) is 0.962. The quantitative estimate of drug-likeness (QED) is 0.746. The maximum absolute atomic E-state index is 12.5. The van der Waals surface area contributed by atoms with E-state index in [9.17, 15) is 13.2 Å². The number of benzene rings is 1. The Hall–Kier alpha value is -1.19. The molecule has 0 amide bonds. The van der Waals surface area contributed by atoms with Gasteiger partial charge in [-0.2, -0.15) is 13.2 Å². The minimum atomic E-state index is -4.28. The molecule has 0 radical (unpaired) electrons. The Morgan fingerprint density at radius 1 is 1.12 bits per heavy atom. The number of halogens is 3. The average molecular weight is 231 g/mol. The summed E-state index contributed by atoms with van der Waals surface area (Å²) >= 11 is 0. The van der Waals surface area contributed by atoms with E-state index in [2.05, 4.69) is 0 Å². The molecule has 0 aliphatic rings. The van der Waals surface area contributed by atoms with Crippen LogP contribution in [0.4, 0.5) is 18.9 Å². The molecule has 1 nitrogen and oxygen atoms in total. The largest absolute Gasteiger partial charge is 0.416 e. The van der Waals surface area contributed by atoms with Gasteiger partial charge in [-0.1, -0.05) is 19.9 Å². The molecule has 4 heteroatoms. The van der Waals surface area contributed by atoms with Gasteiger partial charge in [-0.05, 0) is 23.6 Å². The molecule has 0 saturated heterocycles. The van der Waals surface area contributed by atoms with Gasteiger partial charge in [0.25, 0.3) is 0 Å². The fraction of sp³-hybridized carbons (Fsp3) is 0.500. The average Bonchev–Trinajstić information content (AvgIpc) is 2.15. The third-order valence-corrected chi connectivity index (χ3v) is 2.46. The Morgan fingerprint density at radius 2 is 1.69 bits per heavy atom. The van der Waals surface area contributed by atoms with Gasteiger partial charge in [-0.25, -0.2) is 0 Å². The second kappa shape index (κ2) is 4.36. The Balaban J connectivity index is 3.29. The van der Waals surface area contributed by atoms with Crippen LogP contribution in [0, 0.1) is 0 Å². The first kappa shape index (κ1) is 12.9. The molecule has 90 valence electrons. The van der Waals surface area contributed by atoms with Crippen molar-refractivity contribution in [2.24, 2.45) is 0 Å². The maximum atomic E-state index is 12.5. The van der Waals surface area contributed by atoms with Crippen LogP contribution in [0.5, 0.6) is 0 Å². The molecular weight excluding hydrogens is 215 g/mol. The predicted octanol–water partition coefficient (Wildman–Crippen LogP) is 3.89. The van der Waals surface area contributed by atoms with Crippen molar-refractivity contribution in [3.8, 4) is 0 Å². The van der Waals surface area contributed by atoms with Crippen LogP contribution in [-0.2, 0) is 6.18 Å². The van der Waals surface area contributed by atoms with Gasteiger partial charge in [0, 0.05) is 19.8 Å². The topological polar surface area (TPSA) is 3.24 Å². The third kappa shape index (κ3) is 2.68. The van der Waals surface area contributed by atoms with Crippen molar-refractivity contribution in [3.63, 3.8) is 0 Å². The lowest BCUT2D eigenvalue weighted by Crippen LogP contribution is -2.14. The van der Waals surface area contributed by atoms with Gasteiger partial charge >= 0.3 is 6.18 Å². The Labute approximate surface area is 93.9 Å². The van der Waals surface area contributed by atoms with Gasteiger partial charge < -0.3 is 4.90 Å². The number of hydrogen-bond donors (Lipinski definition) is 0. The molecule has 0 fully saturated rings.